The van der Waals surface area contributed by atoms with E-state index in [1.807, 2.05) is 24.3 Å². The molecule has 1 fully saturated rings. The van der Waals surface area contributed by atoms with Crippen LogP contribution < -0.4 is 4.74 Å². The summed E-state index contributed by atoms with van der Waals surface area (Å²) in [6, 6.07) is 10.2. The highest BCUT2D eigenvalue weighted by molar-refractivity contribution is 5.34. The zero-order chi connectivity index (χ0) is 17.5. The Hall–Kier alpha value is -2.42. The second kappa shape index (κ2) is 8.11. The van der Waals surface area contributed by atoms with Crippen LogP contribution in [0, 0.1) is 17.7 Å². The first-order chi connectivity index (χ1) is 12.2. The normalized spacial score (nSPS) is 15.9. The molecule has 1 aliphatic heterocycles. The highest BCUT2D eigenvalue weighted by atomic mass is 19.1. The molecule has 0 atom stereocenters. The van der Waals surface area contributed by atoms with E-state index in [0.29, 0.717) is 37.5 Å². The molecule has 1 aromatic carbocycles. The number of hydrogen-bond acceptors (Lipinski definition) is 4. The first-order valence-corrected chi connectivity index (χ1v) is 8.18. The van der Waals surface area contributed by atoms with Gasteiger partial charge >= 0.3 is 0 Å². The molecule has 1 saturated heterocycles. The summed E-state index contributed by atoms with van der Waals surface area (Å²) in [6.45, 7) is 1.34. The minimum Gasteiger partial charge on any atom is -0.481 e. The summed E-state index contributed by atoms with van der Waals surface area (Å²) in [6.07, 6.45) is 3.06. The van der Waals surface area contributed by atoms with Crippen molar-refractivity contribution in [3.05, 3.63) is 59.7 Å². The van der Waals surface area contributed by atoms with Gasteiger partial charge < -0.3 is 14.2 Å². The van der Waals surface area contributed by atoms with Gasteiger partial charge in [0.25, 0.3) is 0 Å². The fourth-order valence-corrected chi connectivity index (χ4v) is 2.90. The lowest BCUT2D eigenvalue weighted by Crippen LogP contribution is -2.35. The van der Waals surface area contributed by atoms with Gasteiger partial charge in [0.05, 0.1) is 5.60 Å². The molecule has 0 bridgehead atoms. The second-order valence-electron chi connectivity index (χ2n) is 5.79. The van der Waals surface area contributed by atoms with Gasteiger partial charge in [0.2, 0.25) is 0 Å². The maximum atomic E-state index is 14.1. The molecule has 1 aromatic heterocycles. The zero-order valence-corrected chi connectivity index (χ0v) is 14.1. The van der Waals surface area contributed by atoms with E-state index in [9.17, 15) is 4.39 Å². The summed E-state index contributed by atoms with van der Waals surface area (Å²) in [7, 11) is 1.65. The first-order valence-electron chi connectivity index (χ1n) is 8.18. The average Bonchev–Trinajstić information content (AvgIpc) is 2.66. The Morgan fingerprint density at radius 2 is 2.08 bits per heavy atom. The van der Waals surface area contributed by atoms with Crippen molar-refractivity contribution in [2.45, 2.75) is 18.4 Å². The van der Waals surface area contributed by atoms with Crippen molar-refractivity contribution in [1.29, 1.82) is 0 Å². The van der Waals surface area contributed by atoms with Crippen molar-refractivity contribution in [2.75, 3.05) is 26.9 Å². The number of pyridine rings is 1. The number of benzene rings is 1. The number of rotatable bonds is 4. The predicted molar refractivity (Wildman–Crippen MR) is 91.8 cm³/mol. The summed E-state index contributed by atoms with van der Waals surface area (Å²) in [5.74, 6) is 5.87. The van der Waals surface area contributed by atoms with Crippen molar-refractivity contribution in [2.24, 2.45) is 0 Å². The number of ether oxygens (including phenoxy) is 3. The molecule has 0 radical (unpaired) electrons. The van der Waals surface area contributed by atoms with Crippen molar-refractivity contribution >= 4 is 0 Å². The molecular formula is C20H20FNO3. The topological polar surface area (TPSA) is 40.6 Å². The van der Waals surface area contributed by atoms with Crippen LogP contribution in [0.2, 0.25) is 0 Å². The summed E-state index contributed by atoms with van der Waals surface area (Å²) >= 11 is 0. The van der Waals surface area contributed by atoms with Gasteiger partial charge in [0, 0.05) is 45.4 Å². The van der Waals surface area contributed by atoms with Crippen molar-refractivity contribution < 1.29 is 18.6 Å². The van der Waals surface area contributed by atoms with Crippen LogP contribution in [-0.2, 0) is 15.1 Å². The molecule has 1 aliphatic rings. The Morgan fingerprint density at radius 3 is 2.80 bits per heavy atom. The van der Waals surface area contributed by atoms with Crippen LogP contribution in [0.15, 0.2) is 42.6 Å². The van der Waals surface area contributed by atoms with Crippen molar-refractivity contribution in [3.8, 4) is 17.6 Å². The molecule has 0 saturated carbocycles. The number of aromatic nitrogens is 1. The van der Waals surface area contributed by atoms with Crippen LogP contribution in [0.1, 0.15) is 24.1 Å². The summed E-state index contributed by atoms with van der Waals surface area (Å²) in [5, 5.41) is 0. The minimum atomic E-state index is -0.530. The lowest BCUT2D eigenvalue weighted by Gasteiger charge is -2.36. The highest BCUT2D eigenvalue weighted by Gasteiger charge is 2.35. The Bertz CT molecular complexity index is 762. The number of hydrogen-bond donors (Lipinski definition) is 0. The Balaban J connectivity index is 1.72. The summed E-state index contributed by atoms with van der Waals surface area (Å²) < 4.78 is 30.8. The second-order valence-corrected chi connectivity index (χ2v) is 5.79. The third-order valence-electron chi connectivity index (χ3n) is 4.28. The maximum Gasteiger partial charge on any atom is 0.149 e. The molecule has 2 aromatic rings. The Morgan fingerprint density at radius 1 is 1.24 bits per heavy atom. The van der Waals surface area contributed by atoms with Crippen LogP contribution in [0.5, 0.6) is 5.75 Å². The van der Waals surface area contributed by atoms with Crippen LogP contribution in [0.25, 0.3) is 0 Å². The van der Waals surface area contributed by atoms with Gasteiger partial charge in [-0.25, -0.2) is 9.37 Å². The third-order valence-corrected chi connectivity index (χ3v) is 4.28. The highest BCUT2D eigenvalue weighted by Crippen LogP contribution is 2.37. The average molecular weight is 341 g/mol. The molecule has 25 heavy (non-hydrogen) atoms. The number of halogens is 1. The lowest BCUT2D eigenvalue weighted by atomic mass is 9.86. The van der Waals surface area contributed by atoms with E-state index < -0.39 is 5.60 Å². The molecule has 0 unspecified atom stereocenters. The lowest BCUT2D eigenvalue weighted by molar-refractivity contribution is -0.0950. The van der Waals surface area contributed by atoms with Gasteiger partial charge in [-0.15, -0.1) is 0 Å². The van der Waals surface area contributed by atoms with Crippen LogP contribution >= 0.6 is 0 Å². The monoisotopic (exact) mass is 341 g/mol. The van der Waals surface area contributed by atoms with E-state index >= 15 is 0 Å². The molecule has 4 nitrogen and oxygen atoms in total. The van der Waals surface area contributed by atoms with E-state index in [2.05, 4.69) is 16.8 Å². The predicted octanol–water partition coefficient (Wildman–Crippen LogP) is 3.30. The van der Waals surface area contributed by atoms with E-state index in [-0.39, 0.29) is 12.4 Å². The SMILES string of the molecule is COC1(c2cc(F)cc(OCC#Cc3ccccn3)c2)CCOCC1. The first kappa shape index (κ1) is 17.4. The van der Waals surface area contributed by atoms with Crippen molar-refractivity contribution in [1.82, 2.24) is 4.98 Å². The zero-order valence-electron chi connectivity index (χ0n) is 14.1. The van der Waals surface area contributed by atoms with Gasteiger partial charge in [-0.05, 0) is 35.7 Å². The van der Waals surface area contributed by atoms with Gasteiger partial charge in [-0.2, -0.15) is 0 Å². The van der Waals surface area contributed by atoms with Crippen LogP contribution in [-0.4, -0.2) is 31.9 Å². The molecule has 130 valence electrons. The van der Waals surface area contributed by atoms with Gasteiger partial charge in [-0.3, -0.25) is 0 Å². The molecule has 0 aliphatic carbocycles. The van der Waals surface area contributed by atoms with Gasteiger partial charge in [-0.1, -0.05) is 12.0 Å². The third kappa shape index (κ3) is 4.36. The Kier molecular flexibility index (Phi) is 5.64. The smallest absolute Gasteiger partial charge is 0.149 e. The minimum absolute atomic E-state index is 0.155. The van der Waals surface area contributed by atoms with E-state index in [4.69, 9.17) is 14.2 Å². The van der Waals surface area contributed by atoms with Crippen LogP contribution in [0.4, 0.5) is 4.39 Å². The standard InChI is InChI=1S/C20H20FNO3/c1-23-20(7-11-24-12-8-20)16-13-17(21)15-19(14-16)25-10-4-6-18-5-2-3-9-22-18/h2-3,5,9,13-15H,7-8,10-12H2,1H3. The Labute approximate surface area is 146 Å². The quantitative estimate of drug-likeness (QED) is 0.800. The largest absolute Gasteiger partial charge is 0.481 e. The summed E-state index contributed by atoms with van der Waals surface area (Å²) in [5.41, 5.74) is 0.913. The van der Waals surface area contributed by atoms with Gasteiger partial charge in [0.15, 0.2) is 0 Å². The molecule has 0 N–H and O–H groups in total. The van der Waals surface area contributed by atoms with Crippen LogP contribution in [0.3, 0.4) is 0 Å². The van der Waals surface area contributed by atoms with E-state index in [0.717, 1.165) is 5.56 Å². The van der Waals surface area contributed by atoms with E-state index in [1.54, 1.807) is 13.3 Å². The number of methoxy groups -OCH3 is 1. The summed E-state index contributed by atoms with van der Waals surface area (Å²) in [4.78, 5) is 4.12. The number of nitrogens with zero attached hydrogens (tertiary/aromatic N) is 1. The van der Waals surface area contributed by atoms with Crippen molar-refractivity contribution in [3.63, 3.8) is 0 Å². The molecule has 3 rings (SSSR count). The fourth-order valence-electron chi connectivity index (χ4n) is 2.90. The molecule has 0 spiro atoms. The molecule has 0 amide bonds. The van der Waals surface area contributed by atoms with Gasteiger partial charge in [0.1, 0.15) is 23.9 Å². The molecule has 5 heteroatoms. The molecule has 2 heterocycles. The maximum absolute atomic E-state index is 14.1. The van der Waals surface area contributed by atoms with E-state index in [1.165, 1.54) is 12.1 Å². The fraction of sp³-hybridized carbons (Fsp3) is 0.350. The molecular weight excluding hydrogens is 321 g/mol.